The number of fused-ring (bicyclic) bond motifs is 1. The molecule has 0 saturated heterocycles. The van der Waals surface area contributed by atoms with Crippen LogP contribution in [0.3, 0.4) is 0 Å². The smallest absolute Gasteiger partial charge is 0.173 e. The van der Waals surface area contributed by atoms with Crippen molar-refractivity contribution in [3.8, 4) is 11.1 Å². The third-order valence-electron chi connectivity index (χ3n) is 5.40. The van der Waals surface area contributed by atoms with Crippen LogP contribution in [0, 0.1) is 0 Å². The van der Waals surface area contributed by atoms with Gasteiger partial charge < -0.3 is 4.57 Å². The fourth-order valence-corrected chi connectivity index (χ4v) is 6.80. The third-order valence-corrected chi connectivity index (χ3v) is 8.47. The van der Waals surface area contributed by atoms with Gasteiger partial charge in [-0.3, -0.25) is 4.98 Å². The molecule has 0 radical (unpaired) electrons. The van der Waals surface area contributed by atoms with Gasteiger partial charge in [-0.15, -0.1) is 0 Å². The van der Waals surface area contributed by atoms with Crippen LogP contribution in [0.5, 0.6) is 0 Å². The molecule has 0 aliphatic heterocycles. The van der Waals surface area contributed by atoms with Crippen molar-refractivity contribution in [1.82, 2.24) is 4.98 Å². The SMILES string of the molecule is O=P(c1ccccc1)(c1ccccc1)c1cnc2ccccc2c1-c1ccccc1. The second kappa shape index (κ2) is 7.74. The number of pyridine rings is 1. The van der Waals surface area contributed by atoms with Crippen LogP contribution >= 0.6 is 7.14 Å². The molecule has 0 amide bonds. The summed E-state index contributed by atoms with van der Waals surface area (Å²) in [5.74, 6) is 0. The zero-order chi connectivity index (χ0) is 20.4. The topological polar surface area (TPSA) is 30.0 Å². The van der Waals surface area contributed by atoms with Crippen LogP contribution in [-0.2, 0) is 4.57 Å². The average Bonchev–Trinajstić information content (AvgIpc) is 2.84. The number of hydrogen-bond donors (Lipinski definition) is 0. The van der Waals surface area contributed by atoms with Gasteiger partial charge in [0.15, 0.2) is 7.14 Å². The van der Waals surface area contributed by atoms with E-state index in [9.17, 15) is 0 Å². The summed E-state index contributed by atoms with van der Waals surface area (Å²) in [7, 11) is -3.15. The normalized spacial score (nSPS) is 11.5. The van der Waals surface area contributed by atoms with Crippen molar-refractivity contribution in [1.29, 1.82) is 0 Å². The van der Waals surface area contributed by atoms with Crippen molar-refractivity contribution >= 4 is 34.0 Å². The Morgan fingerprint density at radius 2 is 1.07 bits per heavy atom. The highest BCUT2D eigenvalue weighted by Crippen LogP contribution is 2.46. The van der Waals surface area contributed by atoms with Gasteiger partial charge in [0, 0.05) is 33.1 Å². The van der Waals surface area contributed by atoms with E-state index in [1.165, 1.54) is 0 Å². The summed E-state index contributed by atoms with van der Waals surface area (Å²) < 4.78 is 15.0. The van der Waals surface area contributed by atoms with E-state index in [1.807, 2.05) is 103 Å². The number of para-hydroxylation sites is 1. The summed E-state index contributed by atoms with van der Waals surface area (Å²) in [6.45, 7) is 0. The monoisotopic (exact) mass is 405 g/mol. The lowest BCUT2D eigenvalue weighted by Crippen LogP contribution is -2.27. The third kappa shape index (κ3) is 3.07. The van der Waals surface area contributed by atoms with Crippen molar-refractivity contribution in [2.75, 3.05) is 0 Å². The molecule has 0 N–H and O–H groups in total. The lowest BCUT2D eigenvalue weighted by atomic mass is 10.0. The van der Waals surface area contributed by atoms with Crippen LogP contribution in [0.2, 0.25) is 0 Å². The minimum atomic E-state index is -3.15. The second-order valence-corrected chi connectivity index (χ2v) is 9.92. The molecule has 2 nitrogen and oxygen atoms in total. The molecule has 0 atom stereocenters. The van der Waals surface area contributed by atoms with E-state index in [4.69, 9.17) is 4.98 Å². The molecule has 3 heteroatoms. The molecule has 1 heterocycles. The predicted molar refractivity (Wildman–Crippen MR) is 127 cm³/mol. The van der Waals surface area contributed by atoms with E-state index in [2.05, 4.69) is 18.2 Å². The Labute approximate surface area is 176 Å². The fraction of sp³-hybridized carbons (Fsp3) is 0. The summed E-state index contributed by atoms with van der Waals surface area (Å²) in [6.07, 6.45) is 1.81. The molecule has 0 bridgehead atoms. The molecule has 0 saturated carbocycles. The Morgan fingerprint density at radius 3 is 1.67 bits per heavy atom. The molecule has 0 aliphatic rings. The molecule has 0 aliphatic carbocycles. The lowest BCUT2D eigenvalue weighted by Gasteiger charge is -2.23. The Hall–Kier alpha value is -3.48. The molecular weight excluding hydrogens is 385 g/mol. The average molecular weight is 405 g/mol. The molecule has 144 valence electrons. The van der Waals surface area contributed by atoms with Crippen LogP contribution in [-0.4, -0.2) is 4.98 Å². The van der Waals surface area contributed by atoms with Crippen LogP contribution in [0.25, 0.3) is 22.0 Å². The molecule has 0 unspecified atom stereocenters. The van der Waals surface area contributed by atoms with Gasteiger partial charge in [-0.1, -0.05) is 109 Å². The van der Waals surface area contributed by atoms with Gasteiger partial charge in [0.1, 0.15) is 0 Å². The second-order valence-electron chi connectivity index (χ2n) is 7.18. The largest absolute Gasteiger partial charge is 0.309 e. The van der Waals surface area contributed by atoms with Crippen molar-refractivity contribution in [2.24, 2.45) is 0 Å². The Balaban J connectivity index is 1.92. The molecule has 1 aromatic heterocycles. The minimum Gasteiger partial charge on any atom is -0.309 e. The summed E-state index contributed by atoms with van der Waals surface area (Å²) in [5.41, 5.74) is 2.92. The van der Waals surface area contributed by atoms with E-state index in [-0.39, 0.29) is 0 Å². The van der Waals surface area contributed by atoms with E-state index >= 15 is 4.57 Å². The lowest BCUT2D eigenvalue weighted by molar-refractivity contribution is 0.592. The minimum absolute atomic E-state index is 0.768. The van der Waals surface area contributed by atoms with Crippen molar-refractivity contribution in [3.63, 3.8) is 0 Å². The number of hydrogen-bond acceptors (Lipinski definition) is 2. The van der Waals surface area contributed by atoms with Gasteiger partial charge in [-0.2, -0.15) is 0 Å². The number of rotatable bonds is 4. The maximum atomic E-state index is 15.0. The zero-order valence-electron chi connectivity index (χ0n) is 16.3. The Kier molecular flexibility index (Phi) is 4.78. The molecule has 0 spiro atoms. The van der Waals surface area contributed by atoms with E-state index in [0.29, 0.717) is 0 Å². The maximum absolute atomic E-state index is 15.0. The number of benzene rings is 4. The van der Waals surface area contributed by atoms with Gasteiger partial charge >= 0.3 is 0 Å². The predicted octanol–water partition coefficient (Wildman–Crippen LogP) is 5.54. The van der Waals surface area contributed by atoms with Gasteiger partial charge in [-0.05, 0) is 11.6 Å². The quantitative estimate of drug-likeness (QED) is 0.368. The molecule has 30 heavy (non-hydrogen) atoms. The van der Waals surface area contributed by atoms with Gasteiger partial charge in [0.05, 0.1) is 5.52 Å². The van der Waals surface area contributed by atoms with E-state index in [1.54, 1.807) is 0 Å². The fourth-order valence-electron chi connectivity index (χ4n) is 3.98. The summed E-state index contributed by atoms with van der Waals surface area (Å²) in [5, 5.41) is 3.40. The van der Waals surface area contributed by atoms with Crippen LogP contribution in [0.1, 0.15) is 0 Å². The molecule has 4 aromatic carbocycles. The van der Waals surface area contributed by atoms with Gasteiger partial charge in [0.2, 0.25) is 0 Å². The summed E-state index contributed by atoms with van der Waals surface area (Å²) in [4.78, 5) is 4.71. The number of aromatic nitrogens is 1. The van der Waals surface area contributed by atoms with Gasteiger partial charge in [-0.25, -0.2) is 0 Å². The summed E-state index contributed by atoms with van der Waals surface area (Å²) >= 11 is 0. The van der Waals surface area contributed by atoms with E-state index < -0.39 is 7.14 Å². The Morgan fingerprint density at radius 1 is 0.567 bits per heavy atom. The van der Waals surface area contributed by atoms with Crippen molar-refractivity contribution < 1.29 is 4.57 Å². The van der Waals surface area contributed by atoms with Crippen LogP contribution in [0.4, 0.5) is 0 Å². The zero-order valence-corrected chi connectivity index (χ0v) is 17.2. The highest BCUT2D eigenvalue weighted by molar-refractivity contribution is 7.85. The first-order chi connectivity index (χ1) is 14.8. The van der Waals surface area contributed by atoms with Crippen LogP contribution < -0.4 is 15.9 Å². The number of nitrogens with zero attached hydrogens (tertiary/aromatic N) is 1. The highest BCUT2D eigenvalue weighted by atomic mass is 31.2. The summed E-state index contributed by atoms with van der Waals surface area (Å²) in [6, 6.07) is 37.8. The first-order valence-electron chi connectivity index (χ1n) is 9.93. The molecule has 5 aromatic rings. The van der Waals surface area contributed by atoms with Crippen molar-refractivity contribution in [2.45, 2.75) is 0 Å². The van der Waals surface area contributed by atoms with Gasteiger partial charge in [0.25, 0.3) is 0 Å². The first-order valence-corrected chi connectivity index (χ1v) is 11.6. The van der Waals surface area contributed by atoms with Crippen LogP contribution in [0.15, 0.2) is 121 Å². The highest BCUT2D eigenvalue weighted by Gasteiger charge is 2.33. The van der Waals surface area contributed by atoms with E-state index in [0.717, 1.165) is 37.9 Å². The molecular formula is C27H20NOP. The standard InChI is InChI=1S/C27H20NOP/c29-30(22-14-6-2-7-15-22,23-16-8-3-9-17-23)26-20-28-25-19-11-10-18-24(25)27(26)21-12-4-1-5-13-21/h1-20H. The maximum Gasteiger partial charge on any atom is 0.173 e. The Bertz CT molecular complexity index is 1310. The molecule has 0 fully saturated rings. The molecule has 5 rings (SSSR count). The van der Waals surface area contributed by atoms with Crippen molar-refractivity contribution in [3.05, 3.63) is 121 Å². The first kappa shape index (κ1) is 18.5.